The third-order valence-corrected chi connectivity index (χ3v) is 6.71. The van der Waals surface area contributed by atoms with Gasteiger partial charge in [-0.25, -0.2) is 4.98 Å². The second kappa shape index (κ2) is 8.99. The lowest BCUT2D eigenvalue weighted by Gasteiger charge is -2.36. The molecular weight excluding hydrogens is 438 g/mol. The van der Waals surface area contributed by atoms with Crippen molar-refractivity contribution in [3.05, 3.63) is 33.0 Å². The Balaban J connectivity index is 1.90. The molecule has 1 amide bonds. The summed E-state index contributed by atoms with van der Waals surface area (Å²) in [6.07, 6.45) is 2.00. The van der Waals surface area contributed by atoms with Crippen LogP contribution in [0, 0.1) is 11.8 Å². The van der Waals surface area contributed by atoms with Gasteiger partial charge in [0, 0.05) is 24.1 Å². The van der Waals surface area contributed by atoms with Crippen molar-refractivity contribution in [1.82, 2.24) is 14.5 Å². The van der Waals surface area contributed by atoms with Gasteiger partial charge >= 0.3 is 0 Å². The van der Waals surface area contributed by atoms with Gasteiger partial charge < -0.3 is 4.90 Å². The molecule has 2 heterocycles. The van der Waals surface area contributed by atoms with Gasteiger partial charge in [-0.15, -0.1) is 0 Å². The fourth-order valence-electron chi connectivity index (χ4n) is 3.99. The predicted molar refractivity (Wildman–Crippen MR) is 119 cm³/mol. The number of carbonyl (C=O) groups is 1. The van der Waals surface area contributed by atoms with E-state index in [4.69, 9.17) is 4.98 Å². The van der Waals surface area contributed by atoms with Gasteiger partial charge in [0.1, 0.15) is 0 Å². The van der Waals surface area contributed by atoms with Crippen LogP contribution >= 0.6 is 27.7 Å². The molecule has 1 fully saturated rings. The molecule has 0 spiro atoms. The van der Waals surface area contributed by atoms with Crippen LogP contribution in [0.5, 0.6) is 0 Å². The fraction of sp³-hybridized carbons (Fsp3) is 0.571. The van der Waals surface area contributed by atoms with E-state index in [2.05, 4.69) is 29.8 Å². The second-order valence-electron chi connectivity index (χ2n) is 7.96. The Bertz CT molecular complexity index is 920. The first-order valence-electron chi connectivity index (χ1n) is 9.95. The fourth-order valence-corrected chi connectivity index (χ4v) is 5.37. The van der Waals surface area contributed by atoms with E-state index in [9.17, 15) is 9.59 Å². The molecule has 28 heavy (non-hydrogen) atoms. The van der Waals surface area contributed by atoms with Gasteiger partial charge in [-0.2, -0.15) is 0 Å². The molecule has 2 aromatic rings. The third kappa shape index (κ3) is 4.62. The molecule has 5 nitrogen and oxygen atoms in total. The van der Waals surface area contributed by atoms with Gasteiger partial charge in [0.2, 0.25) is 5.91 Å². The van der Waals surface area contributed by atoms with Crippen molar-refractivity contribution in [2.24, 2.45) is 11.8 Å². The number of nitrogens with zero attached hydrogens (tertiary/aromatic N) is 3. The quantitative estimate of drug-likeness (QED) is 0.479. The van der Waals surface area contributed by atoms with Crippen LogP contribution in [0.15, 0.2) is 32.6 Å². The predicted octanol–water partition coefficient (Wildman–Crippen LogP) is 4.55. The maximum Gasteiger partial charge on any atom is 0.262 e. The molecule has 0 N–H and O–H groups in total. The highest BCUT2D eigenvalue weighted by Crippen LogP contribution is 2.28. The summed E-state index contributed by atoms with van der Waals surface area (Å²) in [7, 11) is 0. The average molecular weight is 466 g/mol. The first kappa shape index (κ1) is 21.4. The van der Waals surface area contributed by atoms with Gasteiger partial charge in [0.05, 0.1) is 16.2 Å². The Morgan fingerprint density at radius 3 is 2.64 bits per heavy atom. The number of aromatic nitrogens is 2. The number of carbonyl (C=O) groups excluding carboxylic acids is 1. The average Bonchev–Trinajstić information content (AvgIpc) is 2.64. The second-order valence-corrected chi connectivity index (χ2v) is 10.2. The van der Waals surface area contributed by atoms with Crippen LogP contribution in [0.25, 0.3) is 10.9 Å². The molecule has 0 radical (unpaired) electrons. The highest BCUT2D eigenvalue weighted by molar-refractivity contribution is 9.10. The van der Waals surface area contributed by atoms with E-state index in [0.29, 0.717) is 34.4 Å². The molecule has 1 saturated heterocycles. The number of likely N-dealkylation sites (tertiary alicyclic amines) is 1. The number of fused-ring (bicyclic) bond motifs is 1. The molecule has 1 aromatic carbocycles. The van der Waals surface area contributed by atoms with Crippen LogP contribution in [0.3, 0.4) is 0 Å². The molecule has 7 heteroatoms. The highest BCUT2D eigenvalue weighted by Gasteiger charge is 2.29. The zero-order chi connectivity index (χ0) is 20.4. The van der Waals surface area contributed by atoms with Crippen molar-refractivity contribution >= 4 is 44.5 Å². The van der Waals surface area contributed by atoms with Crippen molar-refractivity contribution < 1.29 is 4.79 Å². The monoisotopic (exact) mass is 465 g/mol. The zero-order valence-corrected chi connectivity index (χ0v) is 19.3. The summed E-state index contributed by atoms with van der Waals surface area (Å²) in [5.41, 5.74) is 0.624. The van der Waals surface area contributed by atoms with Gasteiger partial charge in [-0.3, -0.25) is 14.2 Å². The summed E-state index contributed by atoms with van der Waals surface area (Å²) in [5.74, 6) is 1.19. The molecule has 3 rings (SSSR count). The summed E-state index contributed by atoms with van der Waals surface area (Å²) in [5, 5.41) is 0.950. The molecule has 0 saturated carbocycles. The molecule has 3 atom stereocenters. The Kier molecular flexibility index (Phi) is 6.86. The number of benzene rings is 1. The van der Waals surface area contributed by atoms with Gasteiger partial charge in [0.15, 0.2) is 5.16 Å². The van der Waals surface area contributed by atoms with E-state index in [-0.39, 0.29) is 16.7 Å². The van der Waals surface area contributed by atoms with Crippen LogP contribution in [0.1, 0.15) is 40.5 Å². The van der Waals surface area contributed by atoms with E-state index in [1.54, 1.807) is 4.57 Å². The molecule has 0 bridgehead atoms. The number of hydrogen-bond donors (Lipinski definition) is 0. The summed E-state index contributed by atoms with van der Waals surface area (Å²) in [6.45, 7) is 10.6. The summed E-state index contributed by atoms with van der Waals surface area (Å²) in [6, 6.07) is 5.55. The smallest absolute Gasteiger partial charge is 0.262 e. The van der Waals surface area contributed by atoms with Crippen LogP contribution in [0.2, 0.25) is 0 Å². The topological polar surface area (TPSA) is 55.2 Å². The number of amides is 1. The first-order chi connectivity index (χ1) is 13.3. The lowest BCUT2D eigenvalue weighted by atomic mass is 9.92. The standard InChI is InChI=1S/C21H28BrN3O2S/c1-5-8-25-20(27)17-10-16(22)6-7-18(17)23-21(25)28-15(4)19(26)24-11-13(2)9-14(3)12-24/h6-7,10,13-15H,5,8-9,11-12H2,1-4H3. The minimum Gasteiger partial charge on any atom is -0.341 e. The minimum absolute atomic E-state index is 0.0458. The Labute approximate surface area is 179 Å². The Morgan fingerprint density at radius 1 is 1.32 bits per heavy atom. The SMILES string of the molecule is CCCn1c(SC(C)C(=O)N2CC(C)CC(C)C2)nc2ccc(Br)cc2c1=O. The minimum atomic E-state index is -0.277. The Hall–Kier alpha value is -1.34. The van der Waals surface area contributed by atoms with Crippen molar-refractivity contribution in [3.63, 3.8) is 0 Å². The van der Waals surface area contributed by atoms with Crippen LogP contribution in [-0.4, -0.2) is 38.7 Å². The summed E-state index contributed by atoms with van der Waals surface area (Å²) < 4.78 is 2.57. The summed E-state index contributed by atoms with van der Waals surface area (Å²) in [4.78, 5) is 32.8. The number of hydrogen-bond acceptors (Lipinski definition) is 4. The number of halogens is 1. The van der Waals surface area contributed by atoms with Crippen molar-refractivity contribution in [2.45, 2.75) is 57.5 Å². The molecule has 1 aliphatic heterocycles. The van der Waals surface area contributed by atoms with E-state index >= 15 is 0 Å². The van der Waals surface area contributed by atoms with Gasteiger partial charge in [-0.05, 0) is 49.8 Å². The molecule has 1 aliphatic rings. The van der Waals surface area contributed by atoms with Crippen molar-refractivity contribution in [3.8, 4) is 0 Å². The normalized spacial score (nSPS) is 21.1. The van der Waals surface area contributed by atoms with E-state index in [1.165, 1.54) is 18.2 Å². The Morgan fingerprint density at radius 2 is 2.00 bits per heavy atom. The summed E-state index contributed by atoms with van der Waals surface area (Å²) >= 11 is 4.83. The molecule has 152 valence electrons. The van der Waals surface area contributed by atoms with E-state index in [1.807, 2.05) is 36.9 Å². The van der Waals surface area contributed by atoms with Crippen molar-refractivity contribution in [2.75, 3.05) is 13.1 Å². The lowest BCUT2D eigenvalue weighted by Crippen LogP contribution is -2.45. The largest absolute Gasteiger partial charge is 0.341 e. The third-order valence-electron chi connectivity index (χ3n) is 5.14. The molecule has 3 unspecified atom stereocenters. The van der Waals surface area contributed by atoms with Gasteiger partial charge in [-0.1, -0.05) is 48.5 Å². The van der Waals surface area contributed by atoms with Crippen LogP contribution in [-0.2, 0) is 11.3 Å². The maximum absolute atomic E-state index is 13.0. The maximum atomic E-state index is 13.0. The number of thioether (sulfide) groups is 1. The lowest BCUT2D eigenvalue weighted by molar-refractivity contribution is -0.132. The first-order valence-corrected chi connectivity index (χ1v) is 11.6. The van der Waals surface area contributed by atoms with Gasteiger partial charge in [0.25, 0.3) is 5.56 Å². The van der Waals surface area contributed by atoms with Crippen LogP contribution in [0.4, 0.5) is 0 Å². The number of rotatable bonds is 5. The van der Waals surface area contributed by atoms with Crippen LogP contribution < -0.4 is 5.56 Å². The van der Waals surface area contributed by atoms with E-state index in [0.717, 1.165) is 24.0 Å². The molecular formula is C21H28BrN3O2S. The van der Waals surface area contributed by atoms with Crippen molar-refractivity contribution in [1.29, 1.82) is 0 Å². The van der Waals surface area contributed by atoms with E-state index < -0.39 is 0 Å². The zero-order valence-electron chi connectivity index (χ0n) is 16.9. The molecule has 0 aliphatic carbocycles. The number of piperidine rings is 1. The molecule has 1 aromatic heterocycles. The highest BCUT2D eigenvalue weighted by atomic mass is 79.9.